The molecule has 2 heterocycles. The number of rotatable bonds is 0. The molecule has 0 fully saturated rings. The molecule has 3 heteroatoms. The Morgan fingerprint density at radius 2 is 2.45 bits per heavy atom. The van der Waals surface area contributed by atoms with Gasteiger partial charge in [0.05, 0.1) is 0 Å². The highest BCUT2D eigenvalue weighted by Crippen LogP contribution is 2.18. The number of aromatic nitrogens is 1. The Bertz CT molecular complexity index is 296. The molecule has 3 nitrogen and oxygen atoms in total. The fraction of sp³-hybridized carbons (Fsp3) is 0.250. The van der Waals surface area contributed by atoms with E-state index >= 15 is 0 Å². The minimum Gasteiger partial charge on any atom is -0.469 e. The summed E-state index contributed by atoms with van der Waals surface area (Å²) >= 11 is 0. The zero-order valence-electron chi connectivity index (χ0n) is 5.91. The summed E-state index contributed by atoms with van der Waals surface area (Å²) in [7, 11) is 0. The number of pyridine rings is 1. The highest BCUT2D eigenvalue weighted by Gasteiger charge is 2.16. The largest absolute Gasteiger partial charge is 0.469 e. The number of ketones is 1. The number of Topliss-reactive ketones (excluding diaryl/α,β-unsaturated/α-hetero) is 1. The molecule has 1 aromatic heterocycles. The van der Waals surface area contributed by atoms with Crippen LogP contribution >= 0.6 is 0 Å². The van der Waals surface area contributed by atoms with Gasteiger partial charge in [-0.15, -0.1) is 0 Å². The van der Waals surface area contributed by atoms with Crippen LogP contribution in [0.3, 0.4) is 0 Å². The Balaban J connectivity index is 2.41. The second-order valence-corrected chi connectivity index (χ2v) is 2.47. The van der Waals surface area contributed by atoms with E-state index in [4.69, 9.17) is 4.74 Å². The number of hydrogen-bond acceptors (Lipinski definition) is 3. The van der Waals surface area contributed by atoms with Crippen molar-refractivity contribution in [3.05, 3.63) is 23.9 Å². The summed E-state index contributed by atoms with van der Waals surface area (Å²) in [6, 6.07) is 3.67. The molecule has 0 bridgehead atoms. The average Bonchev–Trinajstić information content (AvgIpc) is 2.04. The maximum atomic E-state index is 10.9. The van der Waals surface area contributed by atoms with E-state index in [-0.39, 0.29) is 12.4 Å². The van der Waals surface area contributed by atoms with Crippen LogP contribution in [0, 0.1) is 0 Å². The summed E-state index contributed by atoms with van der Waals surface area (Å²) in [6.07, 6.45) is 2.12. The predicted octanol–water partition coefficient (Wildman–Crippen LogP) is 0.586. The number of fused-ring (bicyclic) bond motifs is 1. The van der Waals surface area contributed by atoms with Crippen LogP contribution < -0.4 is 4.74 Å². The van der Waals surface area contributed by atoms with E-state index in [0.29, 0.717) is 12.3 Å². The SMILES string of the molecule is O=C1COc2ncccc2C1. The van der Waals surface area contributed by atoms with Crippen LogP contribution in [-0.2, 0) is 11.2 Å². The van der Waals surface area contributed by atoms with E-state index < -0.39 is 0 Å². The summed E-state index contributed by atoms with van der Waals surface area (Å²) in [5, 5.41) is 0. The fourth-order valence-corrected chi connectivity index (χ4v) is 1.10. The van der Waals surface area contributed by atoms with Gasteiger partial charge in [0.1, 0.15) is 6.61 Å². The van der Waals surface area contributed by atoms with Crippen molar-refractivity contribution in [2.45, 2.75) is 6.42 Å². The van der Waals surface area contributed by atoms with Crippen molar-refractivity contribution in [2.75, 3.05) is 6.61 Å². The second kappa shape index (κ2) is 2.34. The maximum Gasteiger partial charge on any atom is 0.217 e. The van der Waals surface area contributed by atoms with Crippen LogP contribution in [0.5, 0.6) is 5.88 Å². The highest BCUT2D eigenvalue weighted by molar-refractivity contribution is 5.84. The monoisotopic (exact) mass is 149 g/mol. The molecule has 1 aliphatic heterocycles. The molecule has 0 spiro atoms. The van der Waals surface area contributed by atoms with Gasteiger partial charge in [-0.05, 0) is 6.07 Å². The molecule has 0 amide bonds. The van der Waals surface area contributed by atoms with Crippen LogP contribution in [0.1, 0.15) is 5.56 Å². The van der Waals surface area contributed by atoms with Crippen molar-refractivity contribution in [1.82, 2.24) is 4.98 Å². The number of hydrogen-bond donors (Lipinski definition) is 0. The third-order valence-corrected chi connectivity index (χ3v) is 1.61. The van der Waals surface area contributed by atoms with E-state index in [0.717, 1.165) is 5.56 Å². The van der Waals surface area contributed by atoms with Gasteiger partial charge in [0.25, 0.3) is 0 Å². The first kappa shape index (κ1) is 6.34. The first-order valence-electron chi connectivity index (χ1n) is 3.44. The van der Waals surface area contributed by atoms with Crippen molar-refractivity contribution in [3.63, 3.8) is 0 Å². The van der Waals surface area contributed by atoms with Gasteiger partial charge < -0.3 is 4.74 Å². The summed E-state index contributed by atoms with van der Waals surface area (Å²) in [5.41, 5.74) is 0.892. The molecule has 0 N–H and O–H groups in total. The molecule has 0 aliphatic carbocycles. The van der Waals surface area contributed by atoms with Crippen LogP contribution in [0.4, 0.5) is 0 Å². The fourth-order valence-electron chi connectivity index (χ4n) is 1.10. The number of ether oxygens (including phenoxy) is 1. The lowest BCUT2D eigenvalue weighted by Gasteiger charge is -2.13. The summed E-state index contributed by atoms with van der Waals surface area (Å²) in [4.78, 5) is 14.9. The lowest BCUT2D eigenvalue weighted by molar-refractivity contribution is -0.121. The Labute approximate surface area is 64.0 Å². The van der Waals surface area contributed by atoms with Gasteiger partial charge in [-0.1, -0.05) is 6.07 Å². The molecule has 0 unspecified atom stereocenters. The van der Waals surface area contributed by atoms with Crippen LogP contribution in [0.15, 0.2) is 18.3 Å². The molecule has 1 aromatic rings. The number of carbonyl (C=O) groups is 1. The molecular weight excluding hydrogens is 142 g/mol. The average molecular weight is 149 g/mol. The number of nitrogens with zero attached hydrogens (tertiary/aromatic N) is 1. The van der Waals surface area contributed by atoms with Gasteiger partial charge in [-0.25, -0.2) is 4.98 Å². The van der Waals surface area contributed by atoms with Gasteiger partial charge >= 0.3 is 0 Å². The van der Waals surface area contributed by atoms with E-state index in [1.54, 1.807) is 12.3 Å². The van der Waals surface area contributed by atoms with Crippen molar-refractivity contribution >= 4 is 5.78 Å². The summed E-state index contributed by atoms with van der Waals surface area (Å²) < 4.78 is 5.08. The minimum absolute atomic E-state index is 0.116. The Kier molecular flexibility index (Phi) is 1.35. The molecule has 11 heavy (non-hydrogen) atoms. The minimum atomic E-state index is 0.116. The Morgan fingerprint density at radius 1 is 1.55 bits per heavy atom. The molecule has 0 saturated heterocycles. The van der Waals surface area contributed by atoms with E-state index in [2.05, 4.69) is 4.98 Å². The van der Waals surface area contributed by atoms with Crippen LogP contribution in [0.2, 0.25) is 0 Å². The van der Waals surface area contributed by atoms with Gasteiger partial charge in [-0.3, -0.25) is 4.79 Å². The smallest absolute Gasteiger partial charge is 0.217 e. The quantitative estimate of drug-likeness (QED) is 0.541. The van der Waals surface area contributed by atoms with Gasteiger partial charge in [-0.2, -0.15) is 0 Å². The second-order valence-electron chi connectivity index (χ2n) is 2.47. The van der Waals surface area contributed by atoms with E-state index in [1.165, 1.54) is 0 Å². The van der Waals surface area contributed by atoms with E-state index in [9.17, 15) is 4.79 Å². The lowest BCUT2D eigenvalue weighted by atomic mass is 10.1. The molecule has 1 aliphatic rings. The Hall–Kier alpha value is -1.38. The third-order valence-electron chi connectivity index (χ3n) is 1.61. The predicted molar refractivity (Wildman–Crippen MR) is 38.4 cm³/mol. The van der Waals surface area contributed by atoms with Crippen LogP contribution in [0.25, 0.3) is 0 Å². The molecule has 2 rings (SSSR count). The standard InChI is InChI=1S/C8H7NO2/c10-7-4-6-2-1-3-9-8(6)11-5-7/h1-3H,4-5H2. The molecule has 0 radical (unpaired) electrons. The van der Waals surface area contributed by atoms with Crippen molar-refractivity contribution in [3.8, 4) is 5.88 Å². The first-order chi connectivity index (χ1) is 5.36. The molecule has 0 atom stereocenters. The maximum absolute atomic E-state index is 10.9. The van der Waals surface area contributed by atoms with Crippen molar-refractivity contribution in [1.29, 1.82) is 0 Å². The zero-order valence-corrected chi connectivity index (χ0v) is 5.91. The Morgan fingerprint density at radius 3 is 3.36 bits per heavy atom. The van der Waals surface area contributed by atoms with Gasteiger partial charge in [0.15, 0.2) is 5.78 Å². The topological polar surface area (TPSA) is 39.2 Å². The van der Waals surface area contributed by atoms with Crippen molar-refractivity contribution in [2.24, 2.45) is 0 Å². The molecule has 0 aromatic carbocycles. The summed E-state index contributed by atoms with van der Waals surface area (Å²) in [6.45, 7) is 0.171. The first-order valence-corrected chi connectivity index (χ1v) is 3.44. The van der Waals surface area contributed by atoms with Gasteiger partial charge in [0.2, 0.25) is 5.88 Å². The summed E-state index contributed by atoms with van der Waals surface area (Å²) in [5.74, 6) is 0.720. The molecule has 0 saturated carbocycles. The van der Waals surface area contributed by atoms with Gasteiger partial charge in [0, 0.05) is 18.2 Å². The normalized spacial score (nSPS) is 15.5. The zero-order chi connectivity index (χ0) is 7.68. The molecule has 56 valence electrons. The third kappa shape index (κ3) is 1.09. The number of carbonyl (C=O) groups excluding carboxylic acids is 1. The van der Waals surface area contributed by atoms with Crippen LogP contribution in [-0.4, -0.2) is 17.4 Å². The highest BCUT2D eigenvalue weighted by atomic mass is 16.5. The van der Waals surface area contributed by atoms with Crippen molar-refractivity contribution < 1.29 is 9.53 Å². The molecular formula is C8H7NO2. The lowest BCUT2D eigenvalue weighted by Crippen LogP contribution is -2.20. The van der Waals surface area contributed by atoms with E-state index in [1.807, 2.05) is 6.07 Å².